The zero-order valence-corrected chi connectivity index (χ0v) is 9.35. The lowest BCUT2D eigenvalue weighted by Gasteiger charge is -2.06. The number of aryl methyl sites for hydroxylation is 1. The van der Waals surface area contributed by atoms with Gasteiger partial charge in [-0.05, 0) is 20.8 Å². The summed E-state index contributed by atoms with van der Waals surface area (Å²) in [5, 5.41) is 13.2. The molecule has 5 heteroatoms. The Morgan fingerprint density at radius 3 is 2.73 bits per heavy atom. The third-order valence-electron chi connectivity index (χ3n) is 2.35. The lowest BCUT2D eigenvalue weighted by Crippen LogP contribution is -2.02. The number of fused-ring (bicyclic) bond motifs is 1. The Kier molecular flexibility index (Phi) is 2.30. The van der Waals surface area contributed by atoms with Crippen molar-refractivity contribution in [3.63, 3.8) is 0 Å². The molecule has 0 saturated heterocycles. The molecule has 0 aliphatic heterocycles. The first kappa shape index (κ1) is 9.89. The van der Waals surface area contributed by atoms with Gasteiger partial charge in [0.25, 0.3) is 0 Å². The van der Waals surface area contributed by atoms with Crippen molar-refractivity contribution >= 4 is 10.9 Å². The molecule has 0 aliphatic carbocycles. The monoisotopic (exact) mass is 206 g/mol. The van der Waals surface area contributed by atoms with E-state index in [4.69, 9.17) is 4.74 Å². The van der Waals surface area contributed by atoms with Gasteiger partial charge in [-0.3, -0.25) is 4.68 Å². The molecule has 0 bridgehead atoms. The summed E-state index contributed by atoms with van der Waals surface area (Å²) in [4.78, 5) is 0. The highest BCUT2D eigenvalue weighted by Crippen LogP contribution is 2.26. The Morgan fingerprint density at radius 1 is 1.40 bits per heavy atom. The standard InChI is InChI=1S/C10H14N4O/c1-6(2)14-8-5-11-12-10(15-4)9(8)7(3)13-14/h5-6H,1-4H3. The van der Waals surface area contributed by atoms with Crippen molar-refractivity contribution < 1.29 is 4.74 Å². The number of hydrogen-bond acceptors (Lipinski definition) is 4. The fraction of sp³-hybridized carbons (Fsp3) is 0.500. The van der Waals surface area contributed by atoms with Gasteiger partial charge >= 0.3 is 0 Å². The molecule has 0 atom stereocenters. The maximum atomic E-state index is 5.17. The highest BCUT2D eigenvalue weighted by molar-refractivity contribution is 5.85. The summed E-state index contributed by atoms with van der Waals surface area (Å²) in [6.07, 6.45) is 1.72. The van der Waals surface area contributed by atoms with E-state index in [9.17, 15) is 0 Å². The highest BCUT2D eigenvalue weighted by Gasteiger charge is 2.14. The molecule has 0 aliphatic rings. The second-order valence-electron chi connectivity index (χ2n) is 3.74. The van der Waals surface area contributed by atoms with E-state index in [-0.39, 0.29) is 0 Å². The lowest BCUT2D eigenvalue weighted by atomic mass is 10.3. The van der Waals surface area contributed by atoms with Crippen molar-refractivity contribution in [3.05, 3.63) is 11.9 Å². The fourth-order valence-electron chi connectivity index (χ4n) is 1.68. The molecular formula is C10H14N4O. The third kappa shape index (κ3) is 1.44. The van der Waals surface area contributed by atoms with E-state index in [1.165, 1.54) is 0 Å². The highest BCUT2D eigenvalue weighted by atomic mass is 16.5. The van der Waals surface area contributed by atoms with Crippen molar-refractivity contribution in [2.24, 2.45) is 0 Å². The third-order valence-corrected chi connectivity index (χ3v) is 2.35. The summed E-state index contributed by atoms with van der Waals surface area (Å²) >= 11 is 0. The predicted molar refractivity (Wildman–Crippen MR) is 57.0 cm³/mol. The maximum absolute atomic E-state index is 5.17. The van der Waals surface area contributed by atoms with Crippen LogP contribution in [0.15, 0.2) is 6.20 Å². The first-order chi connectivity index (χ1) is 7.15. The van der Waals surface area contributed by atoms with Crippen LogP contribution in [0.1, 0.15) is 25.6 Å². The predicted octanol–water partition coefficient (Wildman–Crippen LogP) is 1.72. The van der Waals surface area contributed by atoms with Gasteiger partial charge in [0, 0.05) is 6.04 Å². The van der Waals surface area contributed by atoms with Crippen molar-refractivity contribution in [3.8, 4) is 5.88 Å². The zero-order valence-electron chi connectivity index (χ0n) is 9.35. The first-order valence-electron chi connectivity index (χ1n) is 4.89. The summed E-state index contributed by atoms with van der Waals surface area (Å²) in [6, 6.07) is 0.301. The normalized spacial score (nSPS) is 11.3. The summed E-state index contributed by atoms with van der Waals surface area (Å²) in [7, 11) is 1.59. The van der Waals surface area contributed by atoms with E-state index in [1.807, 2.05) is 11.6 Å². The van der Waals surface area contributed by atoms with Crippen LogP contribution in [-0.4, -0.2) is 27.1 Å². The van der Waals surface area contributed by atoms with Crippen LogP contribution in [0.25, 0.3) is 10.9 Å². The molecule has 2 aromatic heterocycles. The van der Waals surface area contributed by atoms with E-state index in [1.54, 1.807) is 13.3 Å². The summed E-state index contributed by atoms with van der Waals surface area (Å²) < 4.78 is 7.11. The molecule has 0 spiro atoms. The second kappa shape index (κ2) is 3.49. The summed E-state index contributed by atoms with van der Waals surface area (Å²) in [6.45, 7) is 6.11. The van der Waals surface area contributed by atoms with Gasteiger partial charge in [-0.1, -0.05) is 0 Å². The van der Waals surface area contributed by atoms with Crippen molar-refractivity contribution in [2.75, 3.05) is 7.11 Å². The SMILES string of the molecule is COc1nncc2c1c(C)nn2C(C)C. The summed E-state index contributed by atoms with van der Waals surface area (Å²) in [5.41, 5.74) is 1.89. The topological polar surface area (TPSA) is 52.8 Å². The average molecular weight is 206 g/mol. The Labute approximate surface area is 88.1 Å². The lowest BCUT2D eigenvalue weighted by molar-refractivity contribution is 0.397. The molecule has 0 unspecified atom stereocenters. The molecule has 2 heterocycles. The van der Waals surface area contributed by atoms with E-state index in [0.717, 1.165) is 16.6 Å². The van der Waals surface area contributed by atoms with Gasteiger partial charge in [-0.25, -0.2) is 0 Å². The van der Waals surface area contributed by atoms with Crippen molar-refractivity contribution in [2.45, 2.75) is 26.8 Å². The van der Waals surface area contributed by atoms with Gasteiger partial charge in [0.2, 0.25) is 5.88 Å². The van der Waals surface area contributed by atoms with Crippen molar-refractivity contribution in [1.29, 1.82) is 0 Å². The summed E-state index contributed by atoms with van der Waals surface area (Å²) in [5.74, 6) is 0.539. The molecular weight excluding hydrogens is 192 g/mol. The van der Waals surface area contributed by atoms with Crippen LogP contribution in [0.3, 0.4) is 0 Å². The van der Waals surface area contributed by atoms with Crippen LogP contribution in [-0.2, 0) is 0 Å². The minimum Gasteiger partial charge on any atom is -0.479 e. The first-order valence-corrected chi connectivity index (χ1v) is 4.89. The van der Waals surface area contributed by atoms with E-state index >= 15 is 0 Å². The number of rotatable bonds is 2. The zero-order chi connectivity index (χ0) is 11.0. The van der Waals surface area contributed by atoms with Crippen LogP contribution in [0, 0.1) is 6.92 Å². The van der Waals surface area contributed by atoms with Crippen LogP contribution >= 0.6 is 0 Å². The maximum Gasteiger partial charge on any atom is 0.244 e. The Balaban J connectivity index is 2.79. The van der Waals surface area contributed by atoms with E-state index < -0.39 is 0 Å². The fourth-order valence-corrected chi connectivity index (χ4v) is 1.68. The molecule has 80 valence electrons. The van der Waals surface area contributed by atoms with Gasteiger partial charge in [0.1, 0.15) is 0 Å². The molecule has 2 aromatic rings. The van der Waals surface area contributed by atoms with Gasteiger partial charge in [-0.2, -0.15) is 10.2 Å². The van der Waals surface area contributed by atoms with Gasteiger partial charge in [0.15, 0.2) is 0 Å². The Bertz CT molecular complexity index is 489. The average Bonchev–Trinajstić information content (AvgIpc) is 2.56. The van der Waals surface area contributed by atoms with Crippen LogP contribution < -0.4 is 4.74 Å². The number of ether oxygens (including phenoxy) is 1. The number of nitrogens with zero attached hydrogens (tertiary/aromatic N) is 4. The van der Waals surface area contributed by atoms with Crippen LogP contribution in [0.4, 0.5) is 0 Å². The second-order valence-corrected chi connectivity index (χ2v) is 3.74. The Hall–Kier alpha value is -1.65. The van der Waals surface area contributed by atoms with Gasteiger partial charge in [0.05, 0.1) is 29.9 Å². The molecule has 0 fully saturated rings. The van der Waals surface area contributed by atoms with Gasteiger partial charge < -0.3 is 4.74 Å². The van der Waals surface area contributed by atoms with Crippen molar-refractivity contribution in [1.82, 2.24) is 20.0 Å². The molecule has 2 rings (SSSR count). The smallest absolute Gasteiger partial charge is 0.244 e. The van der Waals surface area contributed by atoms with E-state index in [0.29, 0.717) is 11.9 Å². The minimum absolute atomic E-state index is 0.301. The number of methoxy groups -OCH3 is 1. The van der Waals surface area contributed by atoms with Crippen LogP contribution in [0.5, 0.6) is 5.88 Å². The number of aromatic nitrogens is 4. The molecule has 0 amide bonds. The quantitative estimate of drug-likeness (QED) is 0.750. The molecule has 0 radical (unpaired) electrons. The molecule has 0 N–H and O–H groups in total. The minimum atomic E-state index is 0.301. The number of hydrogen-bond donors (Lipinski definition) is 0. The largest absolute Gasteiger partial charge is 0.479 e. The molecule has 0 aromatic carbocycles. The van der Waals surface area contributed by atoms with Gasteiger partial charge in [-0.15, -0.1) is 5.10 Å². The van der Waals surface area contributed by atoms with E-state index in [2.05, 4.69) is 29.1 Å². The molecule has 15 heavy (non-hydrogen) atoms. The molecule has 5 nitrogen and oxygen atoms in total. The Morgan fingerprint density at radius 2 is 2.13 bits per heavy atom. The van der Waals surface area contributed by atoms with Crippen LogP contribution in [0.2, 0.25) is 0 Å². The molecule has 0 saturated carbocycles.